The number of nitrogens with zero attached hydrogens (tertiary/aromatic N) is 1. The fourth-order valence-electron chi connectivity index (χ4n) is 2.64. The van der Waals surface area contributed by atoms with Gasteiger partial charge < -0.3 is 14.4 Å². The number of hydrogen-bond acceptors (Lipinski definition) is 3. The third-order valence-electron chi connectivity index (χ3n) is 3.68. The molecule has 0 atom stereocenters. The molecule has 0 saturated carbocycles. The van der Waals surface area contributed by atoms with Gasteiger partial charge in [0.05, 0.1) is 12.6 Å². The van der Waals surface area contributed by atoms with Crippen LogP contribution in [0.5, 0.6) is 11.5 Å². The molecule has 0 aliphatic rings. The fourth-order valence-corrected chi connectivity index (χ4v) is 2.64. The lowest BCUT2D eigenvalue weighted by atomic mass is 10.1. The molecule has 0 aliphatic heterocycles. The number of ether oxygens (including phenoxy) is 1. The van der Waals surface area contributed by atoms with Gasteiger partial charge in [-0.2, -0.15) is 0 Å². The number of phenols is 1. The number of fused-ring (bicyclic) bond motifs is 1. The first-order valence-electron chi connectivity index (χ1n) is 6.59. The molecule has 1 aromatic heterocycles. The lowest BCUT2D eigenvalue weighted by molar-refractivity contribution is 0.112. The van der Waals surface area contributed by atoms with Crippen molar-refractivity contribution in [2.24, 2.45) is 0 Å². The molecule has 4 heteroatoms. The van der Waals surface area contributed by atoms with E-state index in [1.165, 1.54) is 0 Å². The zero-order valence-electron chi connectivity index (χ0n) is 11.8. The van der Waals surface area contributed by atoms with Crippen LogP contribution in [0.1, 0.15) is 16.1 Å². The van der Waals surface area contributed by atoms with Crippen LogP contribution in [0.25, 0.3) is 16.6 Å². The van der Waals surface area contributed by atoms with E-state index in [9.17, 15) is 9.90 Å². The van der Waals surface area contributed by atoms with Crippen LogP contribution >= 0.6 is 0 Å². The molecule has 1 N–H and O–H groups in total. The van der Waals surface area contributed by atoms with E-state index in [1.54, 1.807) is 19.2 Å². The van der Waals surface area contributed by atoms with Crippen molar-refractivity contribution in [3.63, 3.8) is 0 Å². The van der Waals surface area contributed by atoms with Gasteiger partial charge in [0.15, 0.2) is 6.29 Å². The molecule has 2 aromatic carbocycles. The summed E-state index contributed by atoms with van der Waals surface area (Å²) in [6, 6.07) is 12.7. The summed E-state index contributed by atoms with van der Waals surface area (Å²) in [7, 11) is 1.62. The number of methoxy groups -OCH3 is 1. The minimum Gasteiger partial charge on any atom is -0.508 e. The molecule has 21 heavy (non-hydrogen) atoms. The maximum absolute atomic E-state index is 11.4. The van der Waals surface area contributed by atoms with Crippen molar-refractivity contribution in [3.05, 3.63) is 53.7 Å². The lowest BCUT2D eigenvalue weighted by Gasteiger charge is -2.09. The number of carbonyl (C=O) groups excluding carboxylic acids is 1. The Labute approximate surface area is 122 Å². The van der Waals surface area contributed by atoms with Gasteiger partial charge >= 0.3 is 0 Å². The van der Waals surface area contributed by atoms with Gasteiger partial charge in [-0.15, -0.1) is 0 Å². The van der Waals surface area contributed by atoms with Crippen LogP contribution in [0.2, 0.25) is 0 Å². The van der Waals surface area contributed by atoms with Crippen molar-refractivity contribution < 1.29 is 14.6 Å². The molecule has 3 aromatic rings. The van der Waals surface area contributed by atoms with Crippen LogP contribution in [-0.2, 0) is 0 Å². The van der Waals surface area contributed by atoms with E-state index in [4.69, 9.17) is 4.74 Å². The highest BCUT2D eigenvalue weighted by atomic mass is 16.5. The topological polar surface area (TPSA) is 51.5 Å². The summed E-state index contributed by atoms with van der Waals surface area (Å²) in [5.41, 5.74) is 3.27. The minimum absolute atomic E-state index is 0.150. The normalized spacial score (nSPS) is 10.8. The predicted molar refractivity (Wildman–Crippen MR) is 81.6 cm³/mol. The molecule has 106 valence electrons. The summed E-state index contributed by atoms with van der Waals surface area (Å²) in [5.74, 6) is 0.929. The number of carbonyl (C=O) groups is 1. The maximum Gasteiger partial charge on any atom is 0.152 e. The molecule has 1 heterocycles. The summed E-state index contributed by atoms with van der Waals surface area (Å²) in [6.45, 7) is 1.89. The third-order valence-corrected chi connectivity index (χ3v) is 3.68. The number of hydrogen-bond donors (Lipinski definition) is 1. The highest BCUT2D eigenvalue weighted by Crippen LogP contribution is 2.31. The highest BCUT2D eigenvalue weighted by molar-refractivity contribution is 6.00. The first-order valence-corrected chi connectivity index (χ1v) is 6.59. The SMILES string of the molecule is COc1ccc(-n2c(C)c(C=O)c3cc(O)ccc32)cc1. The molecular formula is C17H15NO3. The summed E-state index contributed by atoms with van der Waals surface area (Å²) in [5, 5.41) is 10.4. The molecule has 0 amide bonds. The van der Waals surface area contributed by atoms with Crippen LogP contribution in [-0.4, -0.2) is 23.1 Å². The minimum atomic E-state index is 0.150. The summed E-state index contributed by atoms with van der Waals surface area (Å²) >= 11 is 0. The molecular weight excluding hydrogens is 266 g/mol. The lowest BCUT2D eigenvalue weighted by Crippen LogP contribution is -1.97. The Hall–Kier alpha value is -2.75. The van der Waals surface area contributed by atoms with E-state index in [-0.39, 0.29) is 5.75 Å². The number of aromatic nitrogens is 1. The van der Waals surface area contributed by atoms with E-state index in [1.807, 2.05) is 41.8 Å². The number of phenolic OH excluding ortho intramolecular Hbond substituents is 1. The van der Waals surface area contributed by atoms with Crippen LogP contribution in [0.3, 0.4) is 0 Å². The number of benzene rings is 2. The standard InChI is InChI=1S/C17H15NO3/c1-11-16(10-19)15-9-13(20)5-8-17(15)18(11)12-3-6-14(21-2)7-4-12/h3-10,20H,1-2H3. The first kappa shape index (κ1) is 13.2. The maximum atomic E-state index is 11.4. The van der Waals surface area contributed by atoms with E-state index >= 15 is 0 Å². The first-order chi connectivity index (χ1) is 10.2. The van der Waals surface area contributed by atoms with Gasteiger partial charge in [0.25, 0.3) is 0 Å². The van der Waals surface area contributed by atoms with Gasteiger partial charge in [-0.05, 0) is 49.4 Å². The number of rotatable bonds is 3. The summed E-state index contributed by atoms with van der Waals surface area (Å²) in [4.78, 5) is 11.4. The van der Waals surface area contributed by atoms with Gasteiger partial charge in [0.1, 0.15) is 11.5 Å². The van der Waals surface area contributed by atoms with Crippen molar-refractivity contribution in [1.82, 2.24) is 4.57 Å². The average Bonchev–Trinajstić information content (AvgIpc) is 2.78. The Morgan fingerprint density at radius 1 is 1.14 bits per heavy atom. The van der Waals surface area contributed by atoms with Crippen LogP contribution in [0.4, 0.5) is 0 Å². The Morgan fingerprint density at radius 3 is 2.48 bits per heavy atom. The van der Waals surface area contributed by atoms with E-state index in [0.717, 1.165) is 34.3 Å². The monoisotopic (exact) mass is 281 g/mol. The smallest absolute Gasteiger partial charge is 0.152 e. The zero-order chi connectivity index (χ0) is 15.0. The number of aldehydes is 1. The van der Waals surface area contributed by atoms with Crippen LogP contribution in [0.15, 0.2) is 42.5 Å². The number of aromatic hydroxyl groups is 1. The summed E-state index contributed by atoms with van der Waals surface area (Å²) in [6.07, 6.45) is 0.830. The molecule has 0 bridgehead atoms. The van der Waals surface area contributed by atoms with E-state index in [2.05, 4.69) is 0 Å². The van der Waals surface area contributed by atoms with E-state index < -0.39 is 0 Å². The van der Waals surface area contributed by atoms with Gasteiger partial charge in [0, 0.05) is 22.3 Å². The van der Waals surface area contributed by atoms with Crippen molar-refractivity contribution in [2.45, 2.75) is 6.92 Å². The van der Waals surface area contributed by atoms with Crippen LogP contribution < -0.4 is 4.74 Å². The second-order valence-electron chi connectivity index (χ2n) is 4.85. The van der Waals surface area contributed by atoms with E-state index in [0.29, 0.717) is 5.56 Å². The molecule has 3 rings (SSSR count). The molecule has 0 radical (unpaired) electrons. The van der Waals surface area contributed by atoms with Gasteiger partial charge in [-0.25, -0.2) is 0 Å². The average molecular weight is 281 g/mol. The van der Waals surface area contributed by atoms with Crippen molar-refractivity contribution in [3.8, 4) is 17.2 Å². The van der Waals surface area contributed by atoms with Crippen LogP contribution in [0, 0.1) is 6.92 Å². The molecule has 4 nitrogen and oxygen atoms in total. The molecule has 0 spiro atoms. The van der Waals surface area contributed by atoms with Gasteiger partial charge in [0.2, 0.25) is 0 Å². The predicted octanol–water partition coefficient (Wildman–Crippen LogP) is 3.47. The van der Waals surface area contributed by atoms with Crippen molar-refractivity contribution in [2.75, 3.05) is 7.11 Å². The van der Waals surface area contributed by atoms with Crippen molar-refractivity contribution in [1.29, 1.82) is 0 Å². The second kappa shape index (κ2) is 4.98. The second-order valence-corrected chi connectivity index (χ2v) is 4.85. The quantitative estimate of drug-likeness (QED) is 0.748. The largest absolute Gasteiger partial charge is 0.508 e. The summed E-state index contributed by atoms with van der Waals surface area (Å²) < 4.78 is 7.16. The molecule has 0 aliphatic carbocycles. The van der Waals surface area contributed by atoms with Gasteiger partial charge in [-0.1, -0.05) is 0 Å². The fraction of sp³-hybridized carbons (Fsp3) is 0.118. The molecule has 0 unspecified atom stereocenters. The Morgan fingerprint density at radius 2 is 1.86 bits per heavy atom. The Kier molecular flexibility index (Phi) is 3.14. The third kappa shape index (κ3) is 2.05. The molecule has 0 fully saturated rings. The zero-order valence-corrected chi connectivity index (χ0v) is 11.8. The Bertz CT molecular complexity index is 816. The van der Waals surface area contributed by atoms with Gasteiger partial charge in [-0.3, -0.25) is 4.79 Å². The Balaban J connectivity index is 2.30. The molecule has 0 saturated heterocycles. The van der Waals surface area contributed by atoms with Crippen molar-refractivity contribution >= 4 is 17.2 Å². The highest BCUT2D eigenvalue weighted by Gasteiger charge is 2.15.